The fourth-order valence-electron chi connectivity index (χ4n) is 1.07. The molecular weight excluding hydrogens is 308 g/mol. The van der Waals surface area contributed by atoms with Crippen LogP contribution < -0.4 is 0 Å². The number of carbonyl (C=O) groups is 4. The summed E-state index contributed by atoms with van der Waals surface area (Å²) in [5.41, 5.74) is 0.121. The highest BCUT2D eigenvalue weighted by Crippen LogP contribution is 2.17. The third-order valence-corrected chi connectivity index (χ3v) is 2.15. The summed E-state index contributed by atoms with van der Waals surface area (Å²) in [7, 11) is 0. The van der Waals surface area contributed by atoms with Crippen LogP contribution in [0.5, 0.6) is 0 Å². The van der Waals surface area contributed by atoms with Gasteiger partial charge >= 0.3 is 23.9 Å². The van der Waals surface area contributed by atoms with Crippen molar-refractivity contribution in [3.8, 4) is 0 Å². The van der Waals surface area contributed by atoms with Gasteiger partial charge in [-0.15, -0.1) is 0 Å². The van der Waals surface area contributed by atoms with Crippen LogP contribution in [0.3, 0.4) is 0 Å². The molecule has 0 bridgehead atoms. The molecule has 1 unspecified atom stereocenters. The van der Waals surface area contributed by atoms with E-state index >= 15 is 0 Å². The molecule has 1 atom stereocenters. The summed E-state index contributed by atoms with van der Waals surface area (Å²) in [6.45, 7) is 10.1. The molecule has 126 valence electrons. The third kappa shape index (κ3) is 8.20. The van der Waals surface area contributed by atoms with E-state index in [4.69, 9.17) is 19.3 Å². The molecule has 0 aliphatic carbocycles. The smallest absolute Gasteiger partial charge is 0.336 e. The lowest BCUT2D eigenvalue weighted by atomic mass is 10.3. The zero-order chi connectivity index (χ0) is 18.2. The van der Waals surface area contributed by atoms with Gasteiger partial charge in [0.1, 0.15) is 0 Å². The molecule has 8 heteroatoms. The van der Waals surface area contributed by atoms with E-state index in [-0.39, 0.29) is 11.1 Å². The summed E-state index contributed by atoms with van der Waals surface area (Å²) < 4.78 is 14.6. The monoisotopic (exact) mass is 326 g/mol. The molecule has 0 aromatic carbocycles. The highest BCUT2D eigenvalue weighted by molar-refractivity contribution is 5.91. The van der Waals surface area contributed by atoms with Gasteiger partial charge in [0.15, 0.2) is 6.61 Å². The van der Waals surface area contributed by atoms with Crippen LogP contribution in [0.2, 0.25) is 0 Å². The van der Waals surface area contributed by atoms with Crippen molar-refractivity contribution in [2.45, 2.75) is 26.6 Å². The van der Waals surface area contributed by atoms with E-state index in [1.165, 1.54) is 20.8 Å². The second-order valence-electron chi connectivity index (χ2n) is 4.75. The van der Waals surface area contributed by atoms with Gasteiger partial charge in [-0.2, -0.15) is 0 Å². The van der Waals surface area contributed by atoms with E-state index in [0.717, 1.165) is 0 Å². The van der Waals surface area contributed by atoms with Gasteiger partial charge in [0, 0.05) is 30.2 Å². The molecular formula is C15H18O8. The van der Waals surface area contributed by atoms with Gasteiger partial charge in [0.25, 0.3) is 5.79 Å². The van der Waals surface area contributed by atoms with Crippen LogP contribution in [0, 0.1) is 0 Å². The van der Waals surface area contributed by atoms with Crippen LogP contribution in [0.15, 0.2) is 36.5 Å². The van der Waals surface area contributed by atoms with Gasteiger partial charge < -0.3 is 19.3 Å². The van der Waals surface area contributed by atoms with Gasteiger partial charge in [-0.3, -0.25) is 0 Å². The highest BCUT2D eigenvalue weighted by Gasteiger charge is 2.35. The Morgan fingerprint density at radius 2 is 1.52 bits per heavy atom. The predicted molar refractivity (Wildman–Crippen MR) is 78.0 cm³/mol. The fourth-order valence-corrected chi connectivity index (χ4v) is 1.07. The van der Waals surface area contributed by atoms with Crippen molar-refractivity contribution in [1.29, 1.82) is 0 Å². The summed E-state index contributed by atoms with van der Waals surface area (Å²) >= 11 is 0. The lowest BCUT2D eigenvalue weighted by Gasteiger charge is -2.28. The number of carboxylic acids is 1. The van der Waals surface area contributed by atoms with Crippen molar-refractivity contribution in [2.24, 2.45) is 0 Å². The maximum Gasteiger partial charge on any atom is 0.336 e. The molecule has 1 N–H and O–H groups in total. The first-order valence-electron chi connectivity index (χ1n) is 6.32. The van der Waals surface area contributed by atoms with Crippen LogP contribution >= 0.6 is 0 Å². The Morgan fingerprint density at radius 1 is 1.00 bits per heavy atom. The second-order valence-corrected chi connectivity index (χ2v) is 4.75. The van der Waals surface area contributed by atoms with Crippen molar-refractivity contribution in [1.82, 2.24) is 0 Å². The number of carboxylic acid groups (broad SMARTS) is 1. The second kappa shape index (κ2) is 8.52. The zero-order valence-corrected chi connectivity index (χ0v) is 13.1. The molecule has 0 heterocycles. The quantitative estimate of drug-likeness (QED) is 0.401. The Labute approximate surface area is 133 Å². The van der Waals surface area contributed by atoms with Gasteiger partial charge in [0.05, 0.1) is 0 Å². The zero-order valence-electron chi connectivity index (χ0n) is 13.1. The Hall–Kier alpha value is -2.90. The predicted octanol–water partition coefficient (Wildman–Crippen LogP) is 1.13. The van der Waals surface area contributed by atoms with Gasteiger partial charge in [-0.25, -0.2) is 19.2 Å². The highest BCUT2D eigenvalue weighted by atomic mass is 16.7. The molecule has 0 aliphatic rings. The van der Waals surface area contributed by atoms with Crippen molar-refractivity contribution in [2.75, 3.05) is 6.61 Å². The average molecular weight is 326 g/mol. The molecule has 0 radical (unpaired) electrons. The summed E-state index contributed by atoms with van der Waals surface area (Å²) in [5, 5.41) is 8.45. The lowest BCUT2D eigenvalue weighted by Crippen LogP contribution is -2.42. The molecule has 0 aromatic heterocycles. The fraction of sp³-hybridized carbons (Fsp3) is 0.333. The number of carbonyl (C=O) groups excluding carboxylic acids is 3. The Kier molecular flexibility index (Phi) is 7.45. The minimum absolute atomic E-state index is 0.0274. The number of aliphatic carboxylic acids is 1. The molecule has 8 nitrogen and oxygen atoms in total. The van der Waals surface area contributed by atoms with E-state index in [2.05, 4.69) is 13.2 Å². The van der Waals surface area contributed by atoms with Crippen LogP contribution in [-0.2, 0) is 33.4 Å². The third-order valence-electron chi connectivity index (χ3n) is 2.15. The maximum atomic E-state index is 11.6. The Balaban J connectivity index is 5.11. The topological polar surface area (TPSA) is 116 Å². The number of esters is 3. The molecule has 0 aliphatic heterocycles. The SMILES string of the molecule is C=C(C)C(=O)OCC(C)(OC(=O)C=CC(=O)O)OC(=O)C(=C)C. The number of hydrogen-bond donors (Lipinski definition) is 1. The van der Waals surface area contributed by atoms with E-state index in [1.54, 1.807) is 0 Å². The van der Waals surface area contributed by atoms with Crippen LogP contribution in [-0.4, -0.2) is 41.4 Å². The first-order chi connectivity index (χ1) is 10.5. The van der Waals surface area contributed by atoms with Crippen LogP contribution in [0.25, 0.3) is 0 Å². The Morgan fingerprint density at radius 3 is 1.96 bits per heavy atom. The van der Waals surface area contributed by atoms with Crippen molar-refractivity contribution in [3.63, 3.8) is 0 Å². The molecule has 0 spiro atoms. The molecule has 0 fully saturated rings. The van der Waals surface area contributed by atoms with Crippen molar-refractivity contribution in [3.05, 3.63) is 36.5 Å². The molecule has 0 amide bonds. The maximum absolute atomic E-state index is 11.6. The molecule has 23 heavy (non-hydrogen) atoms. The minimum Gasteiger partial charge on any atom is -0.478 e. The summed E-state index contributed by atoms with van der Waals surface area (Å²) in [4.78, 5) is 44.9. The largest absolute Gasteiger partial charge is 0.478 e. The van der Waals surface area contributed by atoms with E-state index in [1.807, 2.05) is 0 Å². The molecule has 0 rings (SSSR count). The standard InChI is InChI=1S/C15H18O8/c1-9(2)13(19)21-8-15(5,23-14(20)10(3)4)22-12(18)7-6-11(16)17/h6-7H,1,3,8H2,2,4-5H3,(H,16,17). The van der Waals surface area contributed by atoms with E-state index in [0.29, 0.717) is 12.2 Å². The first kappa shape index (κ1) is 20.1. The molecule has 0 aromatic rings. The summed E-state index contributed by atoms with van der Waals surface area (Å²) in [5.74, 6) is -6.08. The molecule has 0 saturated carbocycles. The van der Waals surface area contributed by atoms with Crippen LogP contribution in [0.1, 0.15) is 20.8 Å². The molecule has 0 saturated heterocycles. The van der Waals surface area contributed by atoms with Crippen molar-refractivity contribution < 1.29 is 38.5 Å². The normalized spacial score (nSPS) is 12.8. The van der Waals surface area contributed by atoms with Gasteiger partial charge in [-0.1, -0.05) is 13.2 Å². The van der Waals surface area contributed by atoms with E-state index < -0.39 is 36.3 Å². The number of ether oxygens (including phenoxy) is 3. The number of hydrogen-bond acceptors (Lipinski definition) is 7. The van der Waals surface area contributed by atoms with Gasteiger partial charge in [-0.05, 0) is 13.8 Å². The number of rotatable bonds is 8. The van der Waals surface area contributed by atoms with Gasteiger partial charge in [0.2, 0.25) is 0 Å². The first-order valence-corrected chi connectivity index (χ1v) is 6.32. The van der Waals surface area contributed by atoms with Crippen LogP contribution in [0.4, 0.5) is 0 Å². The summed E-state index contributed by atoms with van der Waals surface area (Å²) in [6.07, 6.45) is 1.17. The summed E-state index contributed by atoms with van der Waals surface area (Å²) in [6, 6.07) is 0. The van der Waals surface area contributed by atoms with Crippen molar-refractivity contribution >= 4 is 23.9 Å². The minimum atomic E-state index is -1.96. The van der Waals surface area contributed by atoms with E-state index in [9.17, 15) is 19.2 Å². The average Bonchev–Trinajstić information content (AvgIpc) is 2.42. The lowest BCUT2D eigenvalue weighted by molar-refractivity contribution is -0.231. The Bertz CT molecular complexity index is 572.